The van der Waals surface area contributed by atoms with Gasteiger partial charge in [0, 0.05) is 33.8 Å². The van der Waals surface area contributed by atoms with Crippen LogP contribution in [0.25, 0.3) is 0 Å². The number of nitriles is 1. The van der Waals surface area contributed by atoms with Gasteiger partial charge < -0.3 is 15.1 Å². The lowest BCUT2D eigenvalue weighted by Gasteiger charge is -2.19. The Morgan fingerprint density at radius 3 is 2.57 bits per heavy atom. The molecule has 0 unspecified atom stereocenters. The zero-order valence-corrected chi connectivity index (χ0v) is 13.5. The van der Waals surface area contributed by atoms with Crippen molar-refractivity contribution >= 4 is 23.4 Å². The van der Waals surface area contributed by atoms with Crippen LogP contribution in [0.3, 0.4) is 0 Å². The first-order chi connectivity index (χ1) is 10.9. The summed E-state index contributed by atoms with van der Waals surface area (Å²) in [6.45, 7) is 0. The molecule has 1 N–H and O–H groups in total. The van der Waals surface area contributed by atoms with Crippen molar-refractivity contribution < 1.29 is 4.79 Å². The van der Waals surface area contributed by atoms with E-state index in [0.717, 1.165) is 0 Å². The average molecular weight is 310 g/mol. The van der Waals surface area contributed by atoms with Crippen LogP contribution in [-0.2, 0) is 0 Å². The Balaban J connectivity index is 2.32. The monoisotopic (exact) mass is 310 g/mol. The van der Waals surface area contributed by atoms with Crippen molar-refractivity contribution in [2.45, 2.75) is 0 Å². The summed E-state index contributed by atoms with van der Waals surface area (Å²) >= 11 is 0. The molecule has 7 nitrogen and oxygen atoms in total. The summed E-state index contributed by atoms with van der Waals surface area (Å²) in [7, 11) is 7.38. The lowest BCUT2D eigenvalue weighted by atomic mass is 10.1. The van der Waals surface area contributed by atoms with Crippen LogP contribution in [0.5, 0.6) is 0 Å². The Morgan fingerprint density at radius 2 is 1.96 bits per heavy atom. The summed E-state index contributed by atoms with van der Waals surface area (Å²) < 4.78 is 0. The van der Waals surface area contributed by atoms with Gasteiger partial charge in [0.1, 0.15) is 5.69 Å². The van der Waals surface area contributed by atoms with E-state index in [1.165, 1.54) is 0 Å². The Morgan fingerprint density at radius 1 is 1.22 bits per heavy atom. The third-order valence-corrected chi connectivity index (χ3v) is 3.08. The fraction of sp³-hybridized carbons (Fsp3) is 0.250. The molecule has 0 saturated heterocycles. The largest absolute Gasteiger partial charge is 0.361 e. The van der Waals surface area contributed by atoms with Gasteiger partial charge in [-0.25, -0.2) is 4.98 Å². The molecule has 0 atom stereocenters. The van der Waals surface area contributed by atoms with Gasteiger partial charge in [0.2, 0.25) is 5.95 Å². The molecular weight excluding hydrogens is 292 g/mol. The smallest absolute Gasteiger partial charge is 0.255 e. The van der Waals surface area contributed by atoms with Crippen LogP contribution in [0.2, 0.25) is 0 Å². The van der Waals surface area contributed by atoms with Crippen molar-refractivity contribution in [3.63, 3.8) is 0 Å². The standard InChI is InChI=1S/C16H18N6O/c1-21(2)14-13(10-18-16(20-14)22(3)4)19-15(23)12-7-5-6-11(8-12)9-17/h5-8,10H,1-4H3,(H,19,23). The molecule has 1 aromatic carbocycles. The zero-order chi connectivity index (χ0) is 17.0. The summed E-state index contributed by atoms with van der Waals surface area (Å²) in [5.74, 6) is 0.845. The normalized spacial score (nSPS) is 9.87. The van der Waals surface area contributed by atoms with E-state index >= 15 is 0 Å². The topological polar surface area (TPSA) is 85.2 Å². The Bertz CT molecular complexity index is 763. The van der Waals surface area contributed by atoms with Crippen LogP contribution >= 0.6 is 0 Å². The minimum atomic E-state index is -0.314. The third kappa shape index (κ3) is 3.74. The number of hydrogen-bond donors (Lipinski definition) is 1. The summed E-state index contributed by atoms with van der Waals surface area (Å²) in [5.41, 5.74) is 1.35. The highest BCUT2D eigenvalue weighted by Gasteiger charge is 2.14. The molecule has 0 fully saturated rings. The van der Waals surface area contributed by atoms with E-state index in [1.54, 1.807) is 40.3 Å². The molecule has 1 aromatic heterocycles. The van der Waals surface area contributed by atoms with Crippen LogP contribution in [0.1, 0.15) is 15.9 Å². The average Bonchev–Trinajstić information content (AvgIpc) is 2.54. The number of hydrogen-bond acceptors (Lipinski definition) is 6. The second-order valence-corrected chi connectivity index (χ2v) is 5.34. The summed E-state index contributed by atoms with van der Waals surface area (Å²) in [6, 6.07) is 8.53. The molecule has 0 aliphatic rings. The molecule has 0 bridgehead atoms. The molecular formula is C16H18N6O. The van der Waals surface area contributed by atoms with Gasteiger partial charge in [0.15, 0.2) is 5.82 Å². The molecule has 118 valence electrons. The molecule has 1 amide bonds. The molecule has 2 aromatic rings. The van der Waals surface area contributed by atoms with Crippen molar-refractivity contribution in [1.29, 1.82) is 5.26 Å². The quantitative estimate of drug-likeness (QED) is 0.925. The van der Waals surface area contributed by atoms with Crippen LogP contribution in [-0.4, -0.2) is 44.1 Å². The van der Waals surface area contributed by atoms with Crippen LogP contribution in [0.15, 0.2) is 30.5 Å². The SMILES string of the molecule is CN(C)c1ncc(NC(=O)c2cccc(C#N)c2)c(N(C)C)n1. The number of aromatic nitrogens is 2. The second kappa shape index (κ2) is 6.75. The van der Waals surface area contributed by atoms with Crippen LogP contribution < -0.4 is 15.1 Å². The van der Waals surface area contributed by atoms with E-state index in [1.807, 2.05) is 34.3 Å². The second-order valence-electron chi connectivity index (χ2n) is 5.34. The molecule has 0 spiro atoms. The number of anilines is 3. The molecule has 2 rings (SSSR count). The highest BCUT2D eigenvalue weighted by molar-refractivity contribution is 6.05. The van der Waals surface area contributed by atoms with Gasteiger partial charge in [-0.2, -0.15) is 10.2 Å². The first-order valence-electron chi connectivity index (χ1n) is 6.95. The highest BCUT2D eigenvalue weighted by atomic mass is 16.1. The number of amides is 1. The van der Waals surface area contributed by atoms with Crippen LogP contribution in [0, 0.1) is 11.3 Å². The van der Waals surface area contributed by atoms with E-state index in [9.17, 15) is 4.79 Å². The van der Waals surface area contributed by atoms with Gasteiger partial charge in [-0.05, 0) is 18.2 Å². The predicted octanol–water partition coefficient (Wildman–Crippen LogP) is 1.73. The Hall–Kier alpha value is -3.14. The Kier molecular flexibility index (Phi) is 4.76. The molecule has 1 heterocycles. The van der Waals surface area contributed by atoms with Gasteiger partial charge in [-0.15, -0.1) is 0 Å². The van der Waals surface area contributed by atoms with E-state index < -0.39 is 0 Å². The maximum atomic E-state index is 12.4. The minimum absolute atomic E-state index is 0.314. The molecule has 0 aliphatic carbocycles. The lowest BCUT2D eigenvalue weighted by molar-refractivity contribution is 0.102. The summed E-state index contributed by atoms with van der Waals surface area (Å²) in [5, 5.41) is 11.7. The number of carbonyl (C=O) groups is 1. The van der Waals surface area contributed by atoms with E-state index in [2.05, 4.69) is 15.3 Å². The molecule has 0 saturated carbocycles. The number of benzene rings is 1. The third-order valence-electron chi connectivity index (χ3n) is 3.08. The highest BCUT2D eigenvalue weighted by Crippen LogP contribution is 2.23. The van der Waals surface area contributed by atoms with Crippen molar-refractivity contribution in [2.75, 3.05) is 43.3 Å². The van der Waals surface area contributed by atoms with E-state index in [4.69, 9.17) is 5.26 Å². The first kappa shape index (κ1) is 16.2. The number of rotatable bonds is 4. The number of nitrogens with one attached hydrogen (secondary N) is 1. The van der Waals surface area contributed by atoms with Crippen molar-refractivity contribution in [3.8, 4) is 6.07 Å². The van der Waals surface area contributed by atoms with Gasteiger partial charge >= 0.3 is 0 Å². The minimum Gasteiger partial charge on any atom is -0.361 e. The molecule has 23 heavy (non-hydrogen) atoms. The number of nitrogens with zero attached hydrogens (tertiary/aromatic N) is 5. The lowest BCUT2D eigenvalue weighted by Crippen LogP contribution is -2.21. The summed E-state index contributed by atoms with van der Waals surface area (Å²) in [6.07, 6.45) is 1.57. The maximum Gasteiger partial charge on any atom is 0.255 e. The first-order valence-corrected chi connectivity index (χ1v) is 6.95. The van der Waals surface area contributed by atoms with Crippen molar-refractivity contribution in [2.24, 2.45) is 0 Å². The maximum absolute atomic E-state index is 12.4. The van der Waals surface area contributed by atoms with Gasteiger partial charge in [0.25, 0.3) is 5.91 Å². The zero-order valence-electron chi connectivity index (χ0n) is 13.5. The molecule has 0 aliphatic heterocycles. The van der Waals surface area contributed by atoms with Crippen molar-refractivity contribution in [3.05, 3.63) is 41.6 Å². The fourth-order valence-corrected chi connectivity index (χ4v) is 1.93. The molecule has 7 heteroatoms. The van der Waals surface area contributed by atoms with Gasteiger partial charge in [0.05, 0.1) is 17.8 Å². The predicted molar refractivity (Wildman–Crippen MR) is 89.8 cm³/mol. The van der Waals surface area contributed by atoms with Crippen molar-refractivity contribution in [1.82, 2.24) is 9.97 Å². The molecule has 0 radical (unpaired) electrons. The van der Waals surface area contributed by atoms with Gasteiger partial charge in [-0.3, -0.25) is 4.79 Å². The van der Waals surface area contributed by atoms with E-state index in [0.29, 0.717) is 28.6 Å². The Labute approximate surface area is 135 Å². The summed E-state index contributed by atoms with van der Waals surface area (Å²) in [4.78, 5) is 24.6. The number of carbonyl (C=O) groups excluding carboxylic acids is 1. The fourth-order valence-electron chi connectivity index (χ4n) is 1.93. The van der Waals surface area contributed by atoms with Gasteiger partial charge in [-0.1, -0.05) is 6.07 Å². The van der Waals surface area contributed by atoms with Crippen LogP contribution in [0.4, 0.5) is 17.5 Å². The van der Waals surface area contributed by atoms with E-state index in [-0.39, 0.29) is 5.91 Å².